The Bertz CT molecular complexity index is 566. The number of hydrogen-bond acceptors (Lipinski definition) is 4. The predicted octanol–water partition coefficient (Wildman–Crippen LogP) is 3.84. The van der Waals surface area contributed by atoms with Crippen molar-refractivity contribution in [2.75, 3.05) is 12.8 Å². The summed E-state index contributed by atoms with van der Waals surface area (Å²) >= 11 is 1.84. The molecule has 20 heavy (non-hydrogen) atoms. The number of aromatic nitrogens is 2. The molecule has 0 spiro atoms. The van der Waals surface area contributed by atoms with Crippen LogP contribution in [-0.4, -0.2) is 22.8 Å². The maximum absolute atomic E-state index is 4.63. The van der Waals surface area contributed by atoms with Crippen molar-refractivity contribution in [2.24, 2.45) is 0 Å². The number of aryl methyl sites for hydroxylation is 1. The Labute approximate surface area is 125 Å². The van der Waals surface area contributed by atoms with Gasteiger partial charge in [0.1, 0.15) is 0 Å². The van der Waals surface area contributed by atoms with Crippen LogP contribution in [0.25, 0.3) is 11.4 Å². The molecule has 2 rings (SSSR count). The van der Waals surface area contributed by atoms with Crippen molar-refractivity contribution < 1.29 is 0 Å². The third-order valence-corrected chi connectivity index (χ3v) is 4.23. The molecule has 106 valence electrons. The maximum Gasteiger partial charge on any atom is 0.159 e. The lowest BCUT2D eigenvalue weighted by atomic mass is 10.1. The lowest BCUT2D eigenvalue weighted by Gasteiger charge is -2.13. The zero-order chi connectivity index (χ0) is 14.5. The number of nitrogens with zero attached hydrogens (tertiary/aromatic N) is 2. The van der Waals surface area contributed by atoms with Gasteiger partial charge in [-0.1, -0.05) is 19.1 Å². The first-order chi connectivity index (χ1) is 9.65. The van der Waals surface area contributed by atoms with Gasteiger partial charge < -0.3 is 5.32 Å². The van der Waals surface area contributed by atoms with Crippen LogP contribution in [0.4, 0.5) is 0 Å². The Balaban J connectivity index is 2.27. The summed E-state index contributed by atoms with van der Waals surface area (Å²) < 4.78 is 0. The second-order valence-corrected chi connectivity index (χ2v) is 6.04. The Morgan fingerprint density at radius 3 is 2.50 bits per heavy atom. The average Bonchev–Trinajstić information content (AvgIpc) is 2.47. The molecule has 1 atom stereocenters. The molecule has 0 fully saturated rings. The molecule has 0 radical (unpaired) electrons. The average molecular weight is 287 g/mol. The van der Waals surface area contributed by atoms with Crippen LogP contribution in [0, 0.1) is 6.92 Å². The van der Waals surface area contributed by atoms with E-state index in [1.54, 1.807) is 0 Å². The minimum Gasteiger partial charge on any atom is -0.313 e. The predicted molar refractivity (Wildman–Crippen MR) is 86.1 cm³/mol. The quantitative estimate of drug-likeness (QED) is 0.848. The topological polar surface area (TPSA) is 37.8 Å². The van der Waals surface area contributed by atoms with Crippen LogP contribution in [0.1, 0.15) is 31.1 Å². The fourth-order valence-corrected chi connectivity index (χ4v) is 2.72. The van der Waals surface area contributed by atoms with Gasteiger partial charge >= 0.3 is 0 Å². The smallest absolute Gasteiger partial charge is 0.159 e. The van der Waals surface area contributed by atoms with Crippen molar-refractivity contribution in [1.82, 2.24) is 15.3 Å². The fraction of sp³-hybridized carbons (Fsp3) is 0.375. The molecule has 1 unspecified atom stereocenters. The minimum absolute atomic E-state index is 0.271. The molecule has 0 aliphatic heterocycles. The van der Waals surface area contributed by atoms with Gasteiger partial charge in [-0.05, 0) is 38.8 Å². The molecular formula is C16H21N3S. The first-order valence-electron chi connectivity index (χ1n) is 6.89. The van der Waals surface area contributed by atoms with Gasteiger partial charge in [0.05, 0.1) is 0 Å². The van der Waals surface area contributed by atoms with E-state index in [9.17, 15) is 0 Å². The van der Waals surface area contributed by atoms with Crippen LogP contribution >= 0.6 is 11.8 Å². The van der Waals surface area contributed by atoms with Crippen LogP contribution in [0.15, 0.2) is 35.4 Å². The van der Waals surface area contributed by atoms with Gasteiger partial charge in [0.15, 0.2) is 5.82 Å². The second-order valence-electron chi connectivity index (χ2n) is 4.70. The summed E-state index contributed by atoms with van der Waals surface area (Å²) in [5, 5.41) is 3.22. The van der Waals surface area contributed by atoms with E-state index in [2.05, 4.69) is 53.4 Å². The summed E-state index contributed by atoms with van der Waals surface area (Å²) in [6, 6.07) is 8.72. The first-order valence-corrected chi connectivity index (χ1v) is 7.88. The highest BCUT2D eigenvalue weighted by molar-refractivity contribution is 7.99. The number of rotatable bonds is 5. The van der Waals surface area contributed by atoms with Crippen LogP contribution in [0.3, 0.4) is 0 Å². The first kappa shape index (κ1) is 15.0. The third-order valence-electron chi connectivity index (χ3n) is 3.34. The van der Waals surface area contributed by atoms with E-state index in [-0.39, 0.29) is 6.04 Å². The lowest BCUT2D eigenvalue weighted by molar-refractivity contribution is 0.641. The van der Waals surface area contributed by atoms with Crippen LogP contribution in [0.2, 0.25) is 0 Å². The highest BCUT2D eigenvalue weighted by atomic mass is 32.2. The summed E-state index contributed by atoms with van der Waals surface area (Å²) in [4.78, 5) is 10.4. The van der Waals surface area contributed by atoms with E-state index < -0.39 is 0 Å². The van der Waals surface area contributed by atoms with Gasteiger partial charge in [-0.2, -0.15) is 0 Å². The van der Waals surface area contributed by atoms with Crippen molar-refractivity contribution in [3.05, 3.63) is 41.7 Å². The molecule has 1 N–H and O–H groups in total. The van der Waals surface area contributed by atoms with E-state index in [0.717, 1.165) is 28.4 Å². The number of benzene rings is 1. The molecular weight excluding hydrogens is 266 g/mol. The lowest BCUT2D eigenvalue weighted by Crippen LogP contribution is -2.14. The largest absolute Gasteiger partial charge is 0.313 e. The molecule has 1 heterocycles. The van der Waals surface area contributed by atoms with Gasteiger partial charge in [0.2, 0.25) is 0 Å². The zero-order valence-electron chi connectivity index (χ0n) is 12.5. The van der Waals surface area contributed by atoms with Gasteiger partial charge in [0.25, 0.3) is 0 Å². The summed E-state index contributed by atoms with van der Waals surface area (Å²) in [6.45, 7) is 6.31. The van der Waals surface area contributed by atoms with Gasteiger partial charge in [-0.3, -0.25) is 0 Å². The minimum atomic E-state index is 0.271. The number of nitrogens with one attached hydrogen (secondary N) is 1. The molecule has 0 amide bonds. The van der Waals surface area contributed by atoms with E-state index in [4.69, 9.17) is 0 Å². The molecule has 1 aromatic heterocycles. The van der Waals surface area contributed by atoms with E-state index in [1.165, 1.54) is 4.90 Å². The monoisotopic (exact) mass is 287 g/mol. The number of thioether (sulfide) groups is 1. The summed E-state index contributed by atoms with van der Waals surface area (Å²) in [7, 11) is 1.95. The van der Waals surface area contributed by atoms with E-state index >= 15 is 0 Å². The molecule has 0 bridgehead atoms. The summed E-state index contributed by atoms with van der Waals surface area (Å²) in [5.74, 6) is 1.88. The molecule has 2 aromatic rings. The third kappa shape index (κ3) is 3.38. The summed E-state index contributed by atoms with van der Waals surface area (Å²) in [6.07, 6.45) is 1.92. The second kappa shape index (κ2) is 6.86. The Morgan fingerprint density at radius 2 is 1.95 bits per heavy atom. The highest BCUT2D eigenvalue weighted by Gasteiger charge is 2.10. The van der Waals surface area contributed by atoms with Gasteiger partial charge in [-0.25, -0.2) is 9.97 Å². The maximum atomic E-state index is 4.63. The Morgan fingerprint density at radius 1 is 1.25 bits per heavy atom. The molecule has 0 saturated carbocycles. The fourth-order valence-electron chi connectivity index (χ4n) is 2.06. The van der Waals surface area contributed by atoms with E-state index in [0.29, 0.717) is 0 Å². The Hall–Kier alpha value is -1.39. The normalized spacial score (nSPS) is 12.4. The SMILES string of the molecule is CCSc1ccc(-c2ncc(C(C)NC)c(C)n2)cc1. The zero-order valence-corrected chi connectivity index (χ0v) is 13.3. The molecule has 1 aromatic carbocycles. The van der Waals surface area contributed by atoms with E-state index in [1.807, 2.05) is 31.9 Å². The molecule has 0 aliphatic rings. The van der Waals surface area contributed by atoms with Crippen molar-refractivity contribution in [2.45, 2.75) is 31.7 Å². The van der Waals surface area contributed by atoms with Crippen molar-refractivity contribution in [3.63, 3.8) is 0 Å². The number of hydrogen-bond donors (Lipinski definition) is 1. The Kier molecular flexibility index (Phi) is 5.15. The molecule has 3 nitrogen and oxygen atoms in total. The molecule has 0 saturated heterocycles. The van der Waals surface area contributed by atoms with Crippen molar-refractivity contribution in [3.8, 4) is 11.4 Å². The molecule has 4 heteroatoms. The van der Waals surface area contributed by atoms with Crippen LogP contribution in [0.5, 0.6) is 0 Å². The van der Waals surface area contributed by atoms with Crippen molar-refractivity contribution >= 4 is 11.8 Å². The van der Waals surface area contributed by atoms with Crippen molar-refractivity contribution in [1.29, 1.82) is 0 Å². The highest BCUT2D eigenvalue weighted by Crippen LogP contribution is 2.23. The van der Waals surface area contributed by atoms with Crippen LogP contribution in [-0.2, 0) is 0 Å². The van der Waals surface area contributed by atoms with Gasteiger partial charge in [-0.15, -0.1) is 11.8 Å². The molecule has 0 aliphatic carbocycles. The standard InChI is InChI=1S/C16H21N3S/c1-5-20-14-8-6-13(7-9-14)16-18-10-15(11(2)17-4)12(3)19-16/h6-11,17H,5H2,1-4H3. The van der Waals surface area contributed by atoms with Gasteiger partial charge in [0, 0.05) is 34.0 Å². The summed E-state index contributed by atoms with van der Waals surface area (Å²) in [5.41, 5.74) is 3.25. The van der Waals surface area contributed by atoms with Crippen LogP contribution < -0.4 is 5.32 Å².